The van der Waals surface area contributed by atoms with Crippen LogP contribution in [0.25, 0.3) is 49.0 Å². The highest BCUT2D eigenvalue weighted by atomic mass is 28.3. The number of rotatable bonds is 1. The number of hydrogen-bond donors (Lipinski definition) is 0. The van der Waals surface area contributed by atoms with E-state index < -0.39 is 8.07 Å². The first-order valence-corrected chi connectivity index (χ1v) is 14.7. The molecule has 0 fully saturated rings. The van der Waals surface area contributed by atoms with Gasteiger partial charge in [-0.2, -0.15) is 0 Å². The molecule has 0 N–H and O–H groups in total. The summed E-state index contributed by atoms with van der Waals surface area (Å²) in [4.78, 5) is 0. The Morgan fingerprint density at radius 2 is 1.52 bits per heavy atom. The van der Waals surface area contributed by atoms with Crippen molar-refractivity contribution in [3.63, 3.8) is 0 Å². The minimum atomic E-state index is -1.55. The fourth-order valence-electron chi connectivity index (χ4n) is 5.80. The van der Waals surface area contributed by atoms with Crippen LogP contribution in [0.4, 0.5) is 0 Å². The lowest BCUT2D eigenvalue weighted by Crippen LogP contribution is -2.39. The summed E-state index contributed by atoms with van der Waals surface area (Å²) < 4.78 is 4.91. The van der Waals surface area contributed by atoms with Gasteiger partial charge in [0.25, 0.3) is 0 Å². The predicted molar refractivity (Wildman–Crippen MR) is 137 cm³/mol. The van der Waals surface area contributed by atoms with E-state index in [4.69, 9.17) is 0 Å². The zero-order valence-corrected chi connectivity index (χ0v) is 20.5. The topological polar surface area (TPSA) is 8.29 Å². The summed E-state index contributed by atoms with van der Waals surface area (Å²) in [6.45, 7) is 14.2. The van der Waals surface area contributed by atoms with Crippen LogP contribution >= 0.6 is 0 Å². The third-order valence-corrected chi connectivity index (χ3v) is 9.36. The fourth-order valence-corrected chi connectivity index (χ4v) is 7.39. The lowest BCUT2D eigenvalue weighted by molar-refractivity contribution is -0.643. The Hall–Kier alpha value is -2.91. The smallest absolute Gasteiger partial charge is 0.224 e. The maximum Gasteiger partial charge on any atom is 0.224 e. The maximum absolute atomic E-state index is 2.56. The van der Waals surface area contributed by atoms with Gasteiger partial charge in [0.2, 0.25) is 5.52 Å². The van der Waals surface area contributed by atoms with E-state index >= 15 is 0 Å². The molecule has 0 spiro atoms. The van der Waals surface area contributed by atoms with E-state index in [9.17, 15) is 0 Å². The second-order valence-electron chi connectivity index (χ2n) is 10.3. The molecule has 2 nitrogen and oxygen atoms in total. The zero-order chi connectivity index (χ0) is 21.8. The van der Waals surface area contributed by atoms with E-state index in [2.05, 4.69) is 105 Å². The zero-order valence-electron chi connectivity index (χ0n) is 19.5. The molecule has 31 heavy (non-hydrogen) atoms. The standard InChI is InChI=1S/C28H29N2Si/c1-16-14-17(2)26-24(18(16)3)28-25-20(12-13-29(28)4)23(31(5,6)7)15-21-19-10-8-9-11-22(19)30(26)27(21)25/h8-15H,1-7H3/q+1. The fraction of sp³-hybridized carbons (Fsp3) is 0.250. The summed E-state index contributed by atoms with van der Waals surface area (Å²) in [5.41, 5.74) is 9.52. The molecule has 3 heteroatoms. The van der Waals surface area contributed by atoms with Crippen LogP contribution < -0.4 is 9.75 Å². The van der Waals surface area contributed by atoms with Crippen LogP contribution in [0.3, 0.4) is 0 Å². The minimum absolute atomic E-state index is 1.32. The van der Waals surface area contributed by atoms with Gasteiger partial charge in [-0.1, -0.05) is 55.2 Å². The summed E-state index contributed by atoms with van der Waals surface area (Å²) in [5.74, 6) is 0. The van der Waals surface area contributed by atoms with Crippen LogP contribution in [0.5, 0.6) is 0 Å². The number of hydrogen-bond acceptors (Lipinski definition) is 0. The molecule has 3 heterocycles. The summed E-state index contributed by atoms with van der Waals surface area (Å²) in [6, 6.07) is 16.2. The van der Waals surface area contributed by atoms with Gasteiger partial charge in [-0.15, -0.1) is 0 Å². The first-order valence-electron chi connectivity index (χ1n) is 11.2. The lowest BCUT2D eigenvalue weighted by atomic mass is 9.95. The number of nitrogens with zero attached hydrogens (tertiary/aromatic N) is 2. The highest BCUT2D eigenvalue weighted by molar-refractivity contribution is 6.90. The van der Waals surface area contributed by atoms with Crippen molar-refractivity contribution < 1.29 is 4.57 Å². The third kappa shape index (κ3) is 2.25. The van der Waals surface area contributed by atoms with Crippen molar-refractivity contribution in [3.05, 3.63) is 65.4 Å². The van der Waals surface area contributed by atoms with Gasteiger partial charge in [0.1, 0.15) is 7.05 Å². The summed E-state index contributed by atoms with van der Waals surface area (Å²) >= 11 is 0. The van der Waals surface area contributed by atoms with E-state index in [1.165, 1.54) is 65.7 Å². The number of benzene rings is 3. The number of fused-ring (bicyclic) bond motifs is 6. The van der Waals surface area contributed by atoms with Crippen LogP contribution in [0.2, 0.25) is 19.6 Å². The van der Waals surface area contributed by atoms with Crippen LogP contribution in [-0.4, -0.2) is 12.5 Å². The number of aromatic nitrogens is 2. The lowest BCUT2D eigenvalue weighted by Gasteiger charge is -2.22. The van der Waals surface area contributed by atoms with E-state index in [-0.39, 0.29) is 0 Å². The molecular formula is C28H29N2Si+. The summed E-state index contributed by atoms with van der Waals surface area (Å²) in [6.07, 6.45) is 2.27. The molecular weight excluding hydrogens is 392 g/mol. The number of pyridine rings is 2. The molecule has 6 rings (SSSR count). The molecule has 0 unspecified atom stereocenters. The Balaban J connectivity index is 2.14. The van der Waals surface area contributed by atoms with Gasteiger partial charge in [0.05, 0.1) is 35.4 Å². The predicted octanol–water partition coefficient (Wildman–Crippen LogP) is 6.28. The van der Waals surface area contributed by atoms with E-state index in [1.807, 2.05) is 0 Å². The molecule has 0 aliphatic heterocycles. The largest absolute Gasteiger partial charge is 0.307 e. The highest BCUT2D eigenvalue weighted by Crippen LogP contribution is 2.42. The molecule has 0 atom stereocenters. The Bertz CT molecular complexity index is 1700. The second kappa shape index (κ2) is 5.86. The second-order valence-corrected chi connectivity index (χ2v) is 15.4. The molecule has 0 aliphatic carbocycles. The molecule has 3 aromatic carbocycles. The maximum atomic E-state index is 2.56. The van der Waals surface area contributed by atoms with Gasteiger partial charge in [0, 0.05) is 16.8 Å². The van der Waals surface area contributed by atoms with Gasteiger partial charge in [0.15, 0.2) is 6.20 Å². The van der Waals surface area contributed by atoms with E-state index in [0.29, 0.717) is 0 Å². The molecule has 3 aromatic heterocycles. The van der Waals surface area contributed by atoms with Crippen molar-refractivity contribution in [2.45, 2.75) is 40.4 Å². The van der Waals surface area contributed by atoms with Crippen molar-refractivity contribution in [2.75, 3.05) is 0 Å². The Morgan fingerprint density at radius 3 is 2.26 bits per heavy atom. The van der Waals surface area contributed by atoms with E-state index in [0.717, 1.165) is 0 Å². The van der Waals surface area contributed by atoms with Gasteiger partial charge < -0.3 is 4.40 Å². The van der Waals surface area contributed by atoms with Crippen molar-refractivity contribution in [1.82, 2.24) is 4.40 Å². The van der Waals surface area contributed by atoms with Crippen molar-refractivity contribution >= 4 is 62.3 Å². The normalized spacial score (nSPS) is 13.0. The molecule has 0 amide bonds. The van der Waals surface area contributed by atoms with Crippen LogP contribution in [0.15, 0.2) is 48.7 Å². The van der Waals surface area contributed by atoms with Crippen molar-refractivity contribution in [2.24, 2.45) is 7.05 Å². The molecule has 0 saturated heterocycles. The Labute approximate surface area is 184 Å². The third-order valence-electron chi connectivity index (χ3n) is 7.33. The SMILES string of the molecule is Cc1cc(C)c2c(c1C)c1c3c(cc[n+]1C)c([Si](C)(C)C)cc1c4ccccc4n2c13. The monoisotopic (exact) mass is 421 g/mol. The summed E-state index contributed by atoms with van der Waals surface area (Å²) in [5, 5.41) is 8.58. The van der Waals surface area contributed by atoms with Gasteiger partial charge in [-0.25, -0.2) is 4.57 Å². The molecule has 0 aliphatic rings. The van der Waals surface area contributed by atoms with Gasteiger partial charge in [-0.3, -0.25) is 0 Å². The van der Waals surface area contributed by atoms with Gasteiger partial charge in [-0.05, 0) is 48.9 Å². The Kier molecular flexibility index (Phi) is 3.56. The molecule has 0 bridgehead atoms. The highest BCUT2D eigenvalue weighted by Gasteiger charge is 2.29. The first kappa shape index (κ1) is 18.8. The van der Waals surface area contributed by atoms with Crippen molar-refractivity contribution in [1.29, 1.82) is 0 Å². The quantitative estimate of drug-likeness (QED) is 0.128. The molecule has 6 aromatic rings. The molecule has 154 valence electrons. The average Bonchev–Trinajstić information content (AvgIpc) is 3.05. The molecule has 0 saturated carbocycles. The van der Waals surface area contributed by atoms with Gasteiger partial charge >= 0.3 is 0 Å². The van der Waals surface area contributed by atoms with Crippen LogP contribution in [0, 0.1) is 20.8 Å². The van der Waals surface area contributed by atoms with E-state index in [1.54, 1.807) is 5.19 Å². The van der Waals surface area contributed by atoms with Crippen LogP contribution in [0.1, 0.15) is 16.7 Å². The van der Waals surface area contributed by atoms with Crippen molar-refractivity contribution in [3.8, 4) is 0 Å². The molecule has 0 radical (unpaired) electrons. The summed E-state index contributed by atoms with van der Waals surface area (Å²) in [7, 11) is 0.654. The van der Waals surface area contributed by atoms with Crippen LogP contribution in [-0.2, 0) is 7.05 Å². The Morgan fingerprint density at radius 1 is 0.774 bits per heavy atom. The number of para-hydroxylation sites is 1. The average molecular weight is 422 g/mol. The minimum Gasteiger partial charge on any atom is -0.307 e. The number of aryl methyl sites for hydroxylation is 4. The first-order chi connectivity index (χ1) is 14.7.